The molecule has 6 heteroatoms. The third kappa shape index (κ3) is 3.62. The molecule has 1 aliphatic rings. The van der Waals surface area contributed by atoms with Crippen LogP contribution in [0.4, 0.5) is 0 Å². The van der Waals surface area contributed by atoms with Crippen molar-refractivity contribution >= 4 is 5.97 Å². The van der Waals surface area contributed by atoms with Crippen molar-refractivity contribution in [2.75, 3.05) is 13.9 Å². The molecule has 2 rings (SSSR count). The SMILES string of the molecule is COCc1cc2c(cc1CCC(=O)[O-])OCO2.[Na+]. The molecule has 5 nitrogen and oxygen atoms in total. The molecule has 1 aliphatic heterocycles. The summed E-state index contributed by atoms with van der Waals surface area (Å²) < 4.78 is 15.6. The van der Waals surface area contributed by atoms with Crippen molar-refractivity contribution in [1.82, 2.24) is 0 Å². The monoisotopic (exact) mass is 260 g/mol. The molecule has 0 bridgehead atoms. The fraction of sp³-hybridized carbons (Fsp3) is 0.417. The van der Waals surface area contributed by atoms with Crippen LogP contribution in [0, 0.1) is 0 Å². The van der Waals surface area contributed by atoms with Crippen LogP contribution in [0.15, 0.2) is 12.1 Å². The first kappa shape index (κ1) is 15.3. The number of ether oxygens (including phenoxy) is 3. The molecule has 0 saturated heterocycles. The Balaban J connectivity index is 0.00000162. The zero-order valence-corrected chi connectivity index (χ0v) is 12.5. The maximum absolute atomic E-state index is 10.5. The van der Waals surface area contributed by atoms with Crippen molar-refractivity contribution in [2.24, 2.45) is 0 Å². The number of carboxylic acids is 1. The number of carbonyl (C=O) groups is 1. The Morgan fingerprint density at radius 2 is 1.94 bits per heavy atom. The van der Waals surface area contributed by atoms with Crippen LogP contribution in [0.2, 0.25) is 0 Å². The zero-order chi connectivity index (χ0) is 12.3. The van der Waals surface area contributed by atoms with Gasteiger partial charge < -0.3 is 24.1 Å². The van der Waals surface area contributed by atoms with Crippen LogP contribution >= 0.6 is 0 Å². The van der Waals surface area contributed by atoms with Crippen molar-refractivity contribution in [3.8, 4) is 11.5 Å². The average molecular weight is 260 g/mol. The third-order valence-electron chi connectivity index (χ3n) is 2.59. The van der Waals surface area contributed by atoms with Gasteiger partial charge >= 0.3 is 29.6 Å². The molecule has 0 unspecified atom stereocenters. The molecule has 0 amide bonds. The minimum absolute atomic E-state index is 0. The van der Waals surface area contributed by atoms with Gasteiger partial charge in [-0.2, -0.15) is 0 Å². The first-order valence-corrected chi connectivity index (χ1v) is 5.31. The van der Waals surface area contributed by atoms with E-state index >= 15 is 0 Å². The van der Waals surface area contributed by atoms with E-state index in [1.54, 1.807) is 13.2 Å². The van der Waals surface area contributed by atoms with Crippen molar-refractivity contribution in [3.05, 3.63) is 23.3 Å². The molecule has 0 aliphatic carbocycles. The van der Waals surface area contributed by atoms with Gasteiger partial charge in [0.15, 0.2) is 11.5 Å². The second kappa shape index (κ2) is 6.99. The fourth-order valence-electron chi connectivity index (χ4n) is 1.79. The largest absolute Gasteiger partial charge is 1.00 e. The Labute approximate surface area is 127 Å². The van der Waals surface area contributed by atoms with E-state index in [2.05, 4.69) is 0 Å². The Hall–Kier alpha value is -0.750. The standard InChI is InChI=1S/C12H14O5.Na/c1-15-6-9-5-11-10(16-7-17-11)4-8(9)2-3-12(13)14;/h4-5H,2-3,6-7H2,1H3,(H,13,14);/q;+1/p-1. The Bertz CT molecular complexity index is 433. The summed E-state index contributed by atoms with van der Waals surface area (Å²) in [5.41, 5.74) is 1.80. The molecule has 0 spiro atoms. The summed E-state index contributed by atoms with van der Waals surface area (Å²) in [5.74, 6) is 0.262. The van der Waals surface area contributed by atoms with Gasteiger partial charge in [0.2, 0.25) is 6.79 Å². The van der Waals surface area contributed by atoms with Gasteiger partial charge in [-0.05, 0) is 36.1 Å². The number of hydrogen-bond acceptors (Lipinski definition) is 5. The minimum atomic E-state index is -1.06. The van der Waals surface area contributed by atoms with Crippen LogP contribution in [-0.4, -0.2) is 19.9 Å². The zero-order valence-electron chi connectivity index (χ0n) is 10.5. The van der Waals surface area contributed by atoms with Gasteiger partial charge in [-0.1, -0.05) is 0 Å². The Morgan fingerprint density at radius 3 is 2.50 bits per heavy atom. The van der Waals surface area contributed by atoms with Gasteiger partial charge in [-0.25, -0.2) is 0 Å². The molecule has 1 aromatic rings. The van der Waals surface area contributed by atoms with Crippen LogP contribution in [0.5, 0.6) is 11.5 Å². The molecule has 0 atom stereocenters. The first-order chi connectivity index (χ1) is 8.20. The predicted octanol–water partition coefficient (Wildman–Crippen LogP) is -2.75. The van der Waals surface area contributed by atoms with E-state index in [9.17, 15) is 9.90 Å². The summed E-state index contributed by atoms with van der Waals surface area (Å²) >= 11 is 0. The van der Waals surface area contributed by atoms with Crippen LogP contribution in [0.3, 0.4) is 0 Å². The summed E-state index contributed by atoms with van der Waals surface area (Å²) in [7, 11) is 1.59. The summed E-state index contributed by atoms with van der Waals surface area (Å²) in [6, 6.07) is 3.63. The molecule has 92 valence electrons. The number of hydrogen-bond donors (Lipinski definition) is 0. The number of rotatable bonds is 5. The van der Waals surface area contributed by atoms with E-state index in [0.29, 0.717) is 24.5 Å². The normalized spacial score (nSPS) is 12.1. The third-order valence-corrected chi connectivity index (χ3v) is 2.59. The number of benzene rings is 1. The quantitative estimate of drug-likeness (QED) is 0.537. The topological polar surface area (TPSA) is 67.8 Å². The summed E-state index contributed by atoms with van der Waals surface area (Å²) in [4.78, 5) is 10.5. The minimum Gasteiger partial charge on any atom is -0.550 e. The van der Waals surface area contributed by atoms with E-state index in [-0.39, 0.29) is 42.8 Å². The van der Waals surface area contributed by atoms with E-state index in [1.807, 2.05) is 6.07 Å². The van der Waals surface area contributed by atoms with Gasteiger partial charge in [0, 0.05) is 13.1 Å². The summed E-state index contributed by atoms with van der Waals surface area (Å²) in [6.07, 6.45) is 0.383. The van der Waals surface area contributed by atoms with Gasteiger partial charge in [0.25, 0.3) is 0 Å². The van der Waals surface area contributed by atoms with E-state index in [1.165, 1.54) is 0 Å². The maximum Gasteiger partial charge on any atom is 1.00 e. The number of carbonyl (C=O) groups excluding carboxylic acids is 1. The van der Waals surface area contributed by atoms with Crippen LogP contribution in [0.25, 0.3) is 0 Å². The van der Waals surface area contributed by atoms with Crippen LogP contribution in [-0.2, 0) is 22.6 Å². The molecule has 0 aromatic heterocycles. The molecule has 1 aromatic carbocycles. The molecule has 0 fully saturated rings. The average Bonchev–Trinajstić information content (AvgIpc) is 2.73. The first-order valence-electron chi connectivity index (χ1n) is 5.31. The van der Waals surface area contributed by atoms with E-state index < -0.39 is 5.97 Å². The van der Waals surface area contributed by atoms with Gasteiger partial charge in [0.1, 0.15) is 0 Å². The van der Waals surface area contributed by atoms with E-state index in [4.69, 9.17) is 14.2 Å². The molecular weight excluding hydrogens is 247 g/mol. The molecular formula is C12H13NaO5. The van der Waals surface area contributed by atoms with E-state index in [0.717, 1.165) is 11.1 Å². The predicted molar refractivity (Wildman–Crippen MR) is 56.6 cm³/mol. The Kier molecular flexibility index (Phi) is 5.95. The number of methoxy groups -OCH3 is 1. The second-order valence-electron chi connectivity index (χ2n) is 3.78. The fourth-order valence-corrected chi connectivity index (χ4v) is 1.79. The Morgan fingerprint density at radius 1 is 1.33 bits per heavy atom. The smallest absolute Gasteiger partial charge is 0.550 e. The molecule has 0 radical (unpaired) electrons. The summed E-state index contributed by atoms with van der Waals surface area (Å²) in [6.45, 7) is 0.616. The van der Waals surface area contributed by atoms with Crippen molar-refractivity contribution in [2.45, 2.75) is 19.4 Å². The van der Waals surface area contributed by atoms with Gasteiger partial charge in [-0.15, -0.1) is 0 Å². The molecule has 0 N–H and O–H groups in total. The van der Waals surface area contributed by atoms with Crippen LogP contribution in [0.1, 0.15) is 17.5 Å². The number of aryl methyl sites for hydroxylation is 1. The molecule has 0 saturated carbocycles. The van der Waals surface area contributed by atoms with Gasteiger partial charge in [-0.3, -0.25) is 0 Å². The number of fused-ring (bicyclic) bond motifs is 1. The van der Waals surface area contributed by atoms with Crippen molar-refractivity contribution in [1.29, 1.82) is 0 Å². The number of aliphatic carboxylic acids is 1. The summed E-state index contributed by atoms with van der Waals surface area (Å²) in [5, 5.41) is 10.5. The number of carboxylic acid groups (broad SMARTS) is 1. The molecule has 18 heavy (non-hydrogen) atoms. The van der Waals surface area contributed by atoms with Crippen molar-refractivity contribution < 1.29 is 53.7 Å². The molecule has 1 heterocycles. The van der Waals surface area contributed by atoms with Gasteiger partial charge in [0.05, 0.1) is 6.61 Å². The van der Waals surface area contributed by atoms with Crippen molar-refractivity contribution in [3.63, 3.8) is 0 Å². The van der Waals surface area contributed by atoms with Crippen LogP contribution < -0.4 is 44.1 Å². The second-order valence-corrected chi connectivity index (χ2v) is 3.78. The maximum atomic E-state index is 10.5.